The fourth-order valence-electron chi connectivity index (χ4n) is 1.80. The van der Waals surface area contributed by atoms with Crippen molar-refractivity contribution >= 4 is 34.3 Å². The summed E-state index contributed by atoms with van der Waals surface area (Å²) in [6.07, 6.45) is 0. The van der Waals surface area contributed by atoms with Crippen molar-refractivity contribution in [2.75, 3.05) is 24.4 Å². The van der Waals surface area contributed by atoms with Gasteiger partial charge < -0.3 is 10.6 Å². The fraction of sp³-hybridized carbons (Fsp3) is 0.118. The van der Waals surface area contributed by atoms with Crippen molar-refractivity contribution < 1.29 is 0 Å². The largest absolute Gasteiger partial charge is 0.382 e. The van der Waals surface area contributed by atoms with Crippen molar-refractivity contribution in [1.82, 2.24) is 0 Å². The van der Waals surface area contributed by atoms with Crippen molar-refractivity contribution in [3.63, 3.8) is 0 Å². The van der Waals surface area contributed by atoms with Gasteiger partial charge in [0.15, 0.2) is 5.84 Å². The number of hydrogen-bond acceptors (Lipinski definition) is 7. The van der Waals surface area contributed by atoms with Gasteiger partial charge in [0.1, 0.15) is 6.07 Å². The van der Waals surface area contributed by atoms with Gasteiger partial charge in [-0.15, -0.1) is 0 Å². The summed E-state index contributed by atoms with van der Waals surface area (Å²) in [6.45, 7) is 0. The van der Waals surface area contributed by atoms with E-state index in [1.807, 2.05) is 43.3 Å². The fourth-order valence-corrected chi connectivity index (χ4v) is 1.80. The Balaban J connectivity index is 2.02. The minimum absolute atomic E-state index is 0.176. The van der Waals surface area contributed by atoms with Crippen LogP contribution in [0.5, 0.6) is 0 Å². The van der Waals surface area contributed by atoms with Crippen LogP contribution in [0.2, 0.25) is 0 Å². The van der Waals surface area contributed by atoms with E-state index in [1.54, 1.807) is 30.3 Å². The maximum Gasteiger partial charge on any atom is 0.201 e. The molecule has 126 valence electrons. The SMILES string of the molecule is CN(C)c1ccc(N=Nc2ccc(N/N=C(\C#N)C(=N)N)cc2)cc1. The molecule has 0 heterocycles. The quantitative estimate of drug-likeness (QED) is 0.324. The van der Waals surface area contributed by atoms with Gasteiger partial charge >= 0.3 is 0 Å². The molecule has 2 aromatic rings. The second-order valence-corrected chi connectivity index (χ2v) is 5.26. The molecule has 0 saturated carbocycles. The summed E-state index contributed by atoms with van der Waals surface area (Å²) >= 11 is 0. The Morgan fingerprint density at radius 3 is 2.00 bits per heavy atom. The number of anilines is 2. The van der Waals surface area contributed by atoms with Crippen molar-refractivity contribution in [3.05, 3.63) is 48.5 Å². The Morgan fingerprint density at radius 2 is 1.56 bits per heavy atom. The molecule has 4 N–H and O–H groups in total. The molecule has 8 heteroatoms. The molecule has 2 aromatic carbocycles. The van der Waals surface area contributed by atoms with Crippen LogP contribution in [-0.4, -0.2) is 25.6 Å². The van der Waals surface area contributed by atoms with E-state index in [1.165, 1.54) is 0 Å². The highest BCUT2D eigenvalue weighted by atomic mass is 15.3. The minimum atomic E-state index is -0.388. The van der Waals surface area contributed by atoms with Gasteiger partial charge in [-0.25, -0.2) is 0 Å². The van der Waals surface area contributed by atoms with E-state index < -0.39 is 0 Å². The molecule has 8 nitrogen and oxygen atoms in total. The predicted molar refractivity (Wildman–Crippen MR) is 100.0 cm³/mol. The first kappa shape index (κ1) is 17.6. The van der Waals surface area contributed by atoms with E-state index in [2.05, 4.69) is 20.8 Å². The average Bonchev–Trinajstić information content (AvgIpc) is 2.61. The Hall–Kier alpha value is -3.73. The van der Waals surface area contributed by atoms with Crippen LogP contribution in [0.1, 0.15) is 0 Å². The number of nitrogens with one attached hydrogen (secondary N) is 2. The molecular weight excluding hydrogens is 316 g/mol. The molecule has 2 rings (SSSR count). The van der Waals surface area contributed by atoms with E-state index in [0.717, 1.165) is 11.4 Å². The Bertz CT molecular complexity index is 826. The standard InChI is InChI=1S/C17H18N8/c1-25(2)15-9-7-14(8-10-15)22-21-12-3-5-13(6-4-12)23-24-16(11-18)17(19)20/h3-10,23H,1-2H3,(H3,19,20)/b22-21?,24-16+. The van der Waals surface area contributed by atoms with Gasteiger partial charge in [-0.2, -0.15) is 20.6 Å². The summed E-state index contributed by atoms with van der Waals surface area (Å²) in [5.41, 5.74) is 10.9. The lowest BCUT2D eigenvalue weighted by atomic mass is 10.3. The Morgan fingerprint density at radius 1 is 1.04 bits per heavy atom. The molecule has 0 unspecified atom stereocenters. The third-order valence-corrected chi connectivity index (χ3v) is 3.17. The molecule has 0 fully saturated rings. The summed E-state index contributed by atoms with van der Waals surface area (Å²) in [4.78, 5) is 2.01. The van der Waals surface area contributed by atoms with Crippen LogP contribution in [0, 0.1) is 16.7 Å². The van der Waals surface area contributed by atoms with E-state index >= 15 is 0 Å². The molecule has 0 saturated heterocycles. The van der Waals surface area contributed by atoms with E-state index in [0.29, 0.717) is 11.4 Å². The number of hydrogen-bond donors (Lipinski definition) is 3. The number of nitriles is 1. The molecule has 0 atom stereocenters. The second-order valence-electron chi connectivity index (χ2n) is 5.26. The van der Waals surface area contributed by atoms with E-state index in [9.17, 15) is 0 Å². The highest BCUT2D eigenvalue weighted by Crippen LogP contribution is 2.22. The Kier molecular flexibility index (Phi) is 5.79. The van der Waals surface area contributed by atoms with Gasteiger partial charge in [-0.05, 0) is 48.5 Å². The second kappa shape index (κ2) is 8.21. The molecule has 0 bridgehead atoms. The van der Waals surface area contributed by atoms with E-state index in [4.69, 9.17) is 16.4 Å². The lowest BCUT2D eigenvalue weighted by molar-refractivity contribution is 1.13. The summed E-state index contributed by atoms with van der Waals surface area (Å²) in [7, 11) is 3.96. The minimum Gasteiger partial charge on any atom is -0.382 e. The number of benzene rings is 2. The molecule has 0 radical (unpaired) electrons. The van der Waals surface area contributed by atoms with Crippen LogP contribution in [0.15, 0.2) is 63.9 Å². The van der Waals surface area contributed by atoms with E-state index in [-0.39, 0.29) is 11.5 Å². The van der Waals surface area contributed by atoms with Crippen LogP contribution in [0.3, 0.4) is 0 Å². The maximum atomic E-state index is 8.77. The summed E-state index contributed by atoms with van der Waals surface area (Å²) in [5, 5.41) is 28.1. The highest BCUT2D eigenvalue weighted by molar-refractivity contribution is 6.45. The predicted octanol–water partition coefficient (Wildman–Crippen LogP) is 3.40. The van der Waals surface area contributed by atoms with Gasteiger partial charge in [-0.1, -0.05) is 0 Å². The van der Waals surface area contributed by atoms with Crippen molar-refractivity contribution in [3.8, 4) is 6.07 Å². The number of azo groups is 1. The zero-order valence-corrected chi connectivity index (χ0v) is 13.9. The van der Waals surface area contributed by atoms with Crippen LogP contribution >= 0.6 is 0 Å². The molecule has 0 aromatic heterocycles. The highest BCUT2D eigenvalue weighted by Gasteiger charge is 2.01. The van der Waals surface area contributed by atoms with Crippen LogP contribution < -0.4 is 16.1 Å². The zero-order chi connectivity index (χ0) is 18.2. The van der Waals surface area contributed by atoms with Gasteiger partial charge in [0, 0.05) is 19.8 Å². The molecule has 0 amide bonds. The van der Waals surface area contributed by atoms with Crippen LogP contribution in [0.25, 0.3) is 0 Å². The first-order chi connectivity index (χ1) is 12.0. The van der Waals surface area contributed by atoms with Crippen LogP contribution in [0.4, 0.5) is 22.7 Å². The third-order valence-electron chi connectivity index (χ3n) is 3.17. The number of amidine groups is 1. The first-order valence-corrected chi connectivity index (χ1v) is 7.37. The van der Waals surface area contributed by atoms with Crippen molar-refractivity contribution in [2.24, 2.45) is 21.1 Å². The molecular formula is C17H18N8. The number of nitrogens with zero attached hydrogens (tertiary/aromatic N) is 5. The van der Waals surface area contributed by atoms with Gasteiger partial charge in [-0.3, -0.25) is 10.8 Å². The summed E-state index contributed by atoms with van der Waals surface area (Å²) in [6, 6.07) is 16.5. The smallest absolute Gasteiger partial charge is 0.201 e. The molecule has 0 aliphatic rings. The van der Waals surface area contributed by atoms with Crippen LogP contribution in [-0.2, 0) is 0 Å². The Labute approximate surface area is 145 Å². The van der Waals surface area contributed by atoms with Crippen molar-refractivity contribution in [2.45, 2.75) is 0 Å². The topological polar surface area (TPSA) is 126 Å². The average molecular weight is 334 g/mol. The monoisotopic (exact) mass is 334 g/mol. The first-order valence-electron chi connectivity index (χ1n) is 7.37. The normalized spacial score (nSPS) is 11.2. The lowest BCUT2D eigenvalue weighted by Gasteiger charge is -2.11. The van der Waals surface area contributed by atoms with Gasteiger partial charge in [0.25, 0.3) is 0 Å². The number of rotatable bonds is 6. The zero-order valence-electron chi connectivity index (χ0n) is 13.9. The molecule has 0 spiro atoms. The van der Waals surface area contributed by atoms with Gasteiger partial charge in [0.05, 0.1) is 17.1 Å². The summed E-state index contributed by atoms with van der Waals surface area (Å²) in [5.74, 6) is -0.388. The third kappa shape index (κ3) is 5.14. The number of hydrazone groups is 1. The molecule has 25 heavy (non-hydrogen) atoms. The van der Waals surface area contributed by atoms with Gasteiger partial charge in [0.2, 0.25) is 5.71 Å². The lowest BCUT2D eigenvalue weighted by Crippen LogP contribution is -2.21. The number of nitrogens with two attached hydrogens (primary N) is 1. The molecule has 0 aliphatic carbocycles. The maximum absolute atomic E-state index is 8.77. The summed E-state index contributed by atoms with van der Waals surface area (Å²) < 4.78 is 0. The van der Waals surface area contributed by atoms with Crippen molar-refractivity contribution in [1.29, 1.82) is 10.7 Å². The molecule has 0 aliphatic heterocycles.